The molecule has 0 bridgehead atoms. The smallest absolute Gasteiger partial charge is 0.266 e. The highest BCUT2D eigenvalue weighted by atomic mass is 35.5. The predicted octanol–water partition coefficient (Wildman–Crippen LogP) is 4.75. The van der Waals surface area contributed by atoms with Crippen molar-refractivity contribution in [3.63, 3.8) is 0 Å². The lowest BCUT2D eigenvalue weighted by molar-refractivity contribution is 0.0926. The molecule has 0 saturated carbocycles. The van der Waals surface area contributed by atoms with Gasteiger partial charge in [0.15, 0.2) is 0 Å². The maximum absolute atomic E-state index is 12.8. The molecule has 2 aromatic rings. The average molecular weight is 492 g/mol. The first-order chi connectivity index (χ1) is 15.4. The van der Waals surface area contributed by atoms with Gasteiger partial charge in [-0.25, -0.2) is 18.0 Å². The zero-order valence-electron chi connectivity index (χ0n) is 19.4. The Labute approximate surface area is 200 Å². The summed E-state index contributed by atoms with van der Waals surface area (Å²) in [6.45, 7) is 8.05. The molecule has 2 amide bonds. The molecule has 0 fully saturated rings. The molecule has 0 unspecified atom stereocenters. The van der Waals surface area contributed by atoms with E-state index in [4.69, 9.17) is 11.6 Å². The Morgan fingerprint density at radius 3 is 2.24 bits per heavy atom. The van der Waals surface area contributed by atoms with Crippen molar-refractivity contribution in [1.82, 2.24) is 4.72 Å². The molecule has 0 radical (unpaired) electrons. The molecule has 0 aliphatic carbocycles. The highest BCUT2D eigenvalue weighted by molar-refractivity contribution is 7.90. The van der Waals surface area contributed by atoms with E-state index in [9.17, 15) is 18.0 Å². The van der Waals surface area contributed by atoms with Gasteiger partial charge in [-0.05, 0) is 82.5 Å². The van der Waals surface area contributed by atoms with E-state index in [1.54, 1.807) is 39.0 Å². The van der Waals surface area contributed by atoms with Gasteiger partial charge >= 0.3 is 0 Å². The second-order valence-electron chi connectivity index (χ2n) is 9.13. The first-order valence-electron chi connectivity index (χ1n) is 10.9. The van der Waals surface area contributed by atoms with Crippen LogP contribution in [0.5, 0.6) is 0 Å². The first-order valence-corrected chi connectivity index (χ1v) is 12.8. The Morgan fingerprint density at radius 2 is 1.58 bits per heavy atom. The number of sulfonamides is 1. The SMILES string of the molecule is Cc1cc(NCCCCCNS(=O)(=O)C(C)(C)C)ccc1N1C(=O)c2ccc(Cl)cc2C1=O. The van der Waals surface area contributed by atoms with Gasteiger partial charge in [-0.3, -0.25) is 9.59 Å². The number of nitrogens with zero attached hydrogens (tertiary/aromatic N) is 1. The third kappa shape index (κ3) is 5.57. The third-order valence-electron chi connectivity index (χ3n) is 5.57. The monoisotopic (exact) mass is 491 g/mol. The zero-order chi connectivity index (χ0) is 24.4. The van der Waals surface area contributed by atoms with Gasteiger partial charge in [0.25, 0.3) is 11.8 Å². The fourth-order valence-electron chi connectivity index (χ4n) is 3.53. The number of hydrogen-bond donors (Lipinski definition) is 2. The molecule has 33 heavy (non-hydrogen) atoms. The standard InChI is InChI=1S/C24H30ClN3O4S/c1-16-14-18(26-12-6-5-7-13-27-33(31,32)24(2,3)4)9-11-21(16)28-22(29)19-10-8-17(25)15-20(19)23(28)30/h8-11,14-15,26-27H,5-7,12-13H2,1-4H3. The van der Waals surface area contributed by atoms with Crippen LogP contribution >= 0.6 is 11.6 Å². The van der Waals surface area contributed by atoms with Crippen LogP contribution in [0.3, 0.4) is 0 Å². The highest BCUT2D eigenvalue weighted by Gasteiger charge is 2.37. The number of carbonyl (C=O) groups is 2. The number of imide groups is 1. The molecular formula is C24H30ClN3O4S. The quantitative estimate of drug-likeness (QED) is 0.390. The molecule has 0 spiro atoms. The van der Waals surface area contributed by atoms with E-state index in [1.807, 2.05) is 19.1 Å². The van der Waals surface area contributed by atoms with E-state index in [-0.39, 0.29) is 11.8 Å². The van der Waals surface area contributed by atoms with Crippen LogP contribution in [-0.4, -0.2) is 38.1 Å². The van der Waals surface area contributed by atoms with Crippen LogP contribution in [0.2, 0.25) is 5.02 Å². The van der Waals surface area contributed by atoms with Crippen molar-refractivity contribution in [1.29, 1.82) is 0 Å². The van der Waals surface area contributed by atoms with Crippen LogP contribution in [0.4, 0.5) is 11.4 Å². The van der Waals surface area contributed by atoms with Gasteiger partial charge in [0.05, 0.1) is 21.6 Å². The average Bonchev–Trinajstić information content (AvgIpc) is 2.96. The topological polar surface area (TPSA) is 95.6 Å². The second kappa shape index (κ2) is 9.83. The zero-order valence-corrected chi connectivity index (χ0v) is 20.9. The molecule has 0 aromatic heterocycles. The van der Waals surface area contributed by atoms with E-state index in [0.717, 1.165) is 37.1 Å². The maximum atomic E-state index is 12.8. The summed E-state index contributed by atoms with van der Waals surface area (Å²) in [5, 5.41) is 3.75. The molecule has 1 aliphatic rings. The lowest BCUT2D eigenvalue weighted by Gasteiger charge is -2.19. The van der Waals surface area contributed by atoms with E-state index in [1.165, 1.54) is 11.0 Å². The van der Waals surface area contributed by atoms with Crippen LogP contribution in [0.1, 0.15) is 66.3 Å². The Balaban J connectivity index is 1.51. The van der Waals surface area contributed by atoms with Gasteiger partial charge in [-0.2, -0.15) is 0 Å². The number of unbranched alkanes of at least 4 members (excludes halogenated alkanes) is 2. The van der Waals surface area contributed by atoms with Crippen molar-refractivity contribution < 1.29 is 18.0 Å². The number of fused-ring (bicyclic) bond motifs is 1. The molecule has 2 aromatic carbocycles. The molecule has 0 atom stereocenters. The van der Waals surface area contributed by atoms with Crippen molar-refractivity contribution in [3.8, 4) is 0 Å². The molecule has 7 nitrogen and oxygen atoms in total. The van der Waals surface area contributed by atoms with Crippen LogP contribution in [0.25, 0.3) is 0 Å². The summed E-state index contributed by atoms with van der Waals surface area (Å²) in [7, 11) is -3.30. The van der Waals surface area contributed by atoms with Gasteiger partial charge in [0.2, 0.25) is 10.0 Å². The Bertz CT molecular complexity index is 1170. The minimum atomic E-state index is -3.30. The van der Waals surface area contributed by atoms with Gasteiger partial charge in [-0.15, -0.1) is 0 Å². The van der Waals surface area contributed by atoms with Crippen molar-refractivity contribution in [2.24, 2.45) is 0 Å². The number of hydrogen-bond acceptors (Lipinski definition) is 5. The number of carbonyl (C=O) groups excluding carboxylic acids is 2. The van der Waals surface area contributed by atoms with Gasteiger partial charge in [0.1, 0.15) is 0 Å². The first kappa shape index (κ1) is 25.2. The van der Waals surface area contributed by atoms with Crippen LogP contribution in [-0.2, 0) is 10.0 Å². The summed E-state index contributed by atoms with van der Waals surface area (Å²) in [5.74, 6) is -0.721. The normalized spacial score (nSPS) is 14.0. The van der Waals surface area contributed by atoms with Crippen molar-refractivity contribution >= 4 is 44.8 Å². The van der Waals surface area contributed by atoms with Gasteiger partial charge in [0, 0.05) is 23.8 Å². The second-order valence-corrected chi connectivity index (χ2v) is 12.1. The summed E-state index contributed by atoms with van der Waals surface area (Å²) in [6.07, 6.45) is 2.53. The summed E-state index contributed by atoms with van der Waals surface area (Å²) < 4.78 is 25.9. The number of nitrogens with one attached hydrogen (secondary N) is 2. The fourth-order valence-corrected chi connectivity index (χ4v) is 4.55. The molecule has 9 heteroatoms. The molecule has 2 N–H and O–H groups in total. The highest BCUT2D eigenvalue weighted by Crippen LogP contribution is 2.33. The van der Waals surface area contributed by atoms with E-state index >= 15 is 0 Å². The molecular weight excluding hydrogens is 462 g/mol. The lowest BCUT2D eigenvalue weighted by atomic mass is 10.1. The summed E-state index contributed by atoms with van der Waals surface area (Å²) in [4.78, 5) is 26.8. The fraction of sp³-hybridized carbons (Fsp3) is 0.417. The molecule has 3 rings (SSSR count). The Hall–Kier alpha value is -2.42. The van der Waals surface area contributed by atoms with Gasteiger partial charge in [-0.1, -0.05) is 18.0 Å². The number of halogens is 1. The van der Waals surface area contributed by atoms with Crippen LogP contribution in [0.15, 0.2) is 36.4 Å². The summed E-state index contributed by atoms with van der Waals surface area (Å²) in [6, 6.07) is 10.2. The number of anilines is 2. The minimum Gasteiger partial charge on any atom is -0.385 e. The molecule has 1 heterocycles. The molecule has 0 saturated heterocycles. The summed E-state index contributed by atoms with van der Waals surface area (Å²) >= 11 is 5.99. The minimum absolute atomic E-state index is 0.318. The molecule has 178 valence electrons. The van der Waals surface area contributed by atoms with Crippen molar-refractivity contribution in [2.75, 3.05) is 23.3 Å². The maximum Gasteiger partial charge on any atom is 0.266 e. The number of benzene rings is 2. The molecule has 1 aliphatic heterocycles. The van der Waals surface area contributed by atoms with Crippen LogP contribution in [0, 0.1) is 6.92 Å². The number of amides is 2. The number of rotatable bonds is 9. The third-order valence-corrected chi connectivity index (χ3v) is 8.00. The number of aryl methyl sites for hydroxylation is 1. The largest absolute Gasteiger partial charge is 0.385 e. The lowest BCUT2D eigenvalue weighted by Crippen LogP contribution is -2.39. The van der Waals surface area contributed by atoms with Crippen molar-refractivity contribution in [2.45, 2.75) is 51.7 Å². The summed E-state index contributed by atoms with van der Waals surface area (Å²) in [5.41, 5.74) is 2.92. The van der Waals surface area contributed by atoms with Crippen molar-refractivity contribution in [3.05, 3.63) is 58.1 Å². The van der Waals surface area contributed by atoms with E-state index in [2.05, 4.69) is 10.0 Å². The van der Waals surface area contributed by atoms with Gasteiger partial charge < -0.3 is 5.32 Å². The van der Waals surface area contributed by atoms with E-state index < -0.39 is 14.8 Å². The van der Waals surface area contributed by atoms with E-state index in [0.29, 0.717) is 28.4 Å². The Kier molecular flexibility index (Phi) is 7.51. The predicted molar refractivity (Wildman–Crippen MR) is 133 cm³/mol. The Morgan fingerprint density at radius 1 is 0.909 bits per heavy atom. The van der Waals surface area contributed by atoms with Crippen LogP contribution < -0.4 is 14.9 Å².